The predicted octanol–water partition coefficient (Wildman–Crippen LogP) is 2.63. The topological polar surface area (TPSA) is 111 Å². The average Bonchev–Trinajstić information content (AvgIpc) is 3.27. The van der Waals surface area contributed by atoms with Gasteiger partial charge in [-0.15, -0.1) is 0 Å². The minimum atomic E-state index is -0.349. The van der Waals surface area contributed by atoms with E-state index in [-0.39, 0.29) is 24.9 Å². The molecule has 0 bridgehead atoms. The fraction of sp³-hybridized carbons (Fsp3) is 0.611. The molecule has 26 heavy (non-hydrogen) atoms. The van der Waals surface area contributed by atoms with Crippen molar-refractivity contribution >= 4 is 22.9 Å². The van der Waals surface area contributed by atoms with Gasteiger partial charge in [-0.05, 0) is 12.5 Å². The van der Waals surface area contributed by atoms with Gasteiger partial charge in [0.15, 0.2) is 23.2 Å². The number of unbranched alkanes of at least 4 members (excludes halogenated alkanes) is 5. The summed E-state index contributed by atoms with van der Waals surface area (Å²) in [6, 6.07) is 0. The number of nitrogens with two attached hydrogens (primary N) is 1. The Hall–Kier alpha value is -2.19. The zero-order chi connectivity index (χ0) is 18.4. The Bertz CT molecular complexity index is 745. The van der Waals surface area contributed by atoms with Crippen LogP contribution in [-0.2, 0) is 4.74 Å². The highest BCUT2D eigenvalue weighted by Gasteiger charge is 2.23. The maximum Gasteiger partial charge on any atom is 0.224 e. The number of hydrogen-bond donors (Lipinski definition) is 3. The van der Waals surface area contributed by atoms with E-state index in [1.165, 1.54) is 32.1 Å². The monoisotopic (exact) mass is 360 g/mol. The van der Waals surface area contributed by atoms with Crippen molar-refractivity contribution in [3.63, 3.8) is 0 Å². The maximum absolute atomic E-state index is 9.21. The number of imidazole rings is 1. The van der Waals surface area contributed by atoms with Gasteiger partial charge in [-0.1, -0.05) is 45.1 Å². The van der Waals surface area contributed by atoms with E-state index in [4.69, 9.17) is 10.5 Å². The van der Waals surface area contributed by atoms with Gasteiger partial charge in [-0.25, -0.2) is 4.98 Å². The Morgan fingerprint density at radius 2 is 2.00 bits per heavy atom. The normalized spacial score (nSPS) is 19.5. The van der Waals surface area contributed by atoms with Crippen molar-refractivity contribution in [1.82, 2.24) is 19.5 Å². The molecule has 0 spiro atoms. The highest BCUT2D eigenvalue weighted by molar-refractivity contribution is 5.84. The van der Waals surface area contributed by atoms with Crippen molar-refractivity contribution in [2.45, 2.75) is 57.8 Å². The molecule has 2 atom stereocenters. The molecule has 0 amide bonds. The molecule has 1 aliphatic rings. The van der Waals surface area contributed by atoms with Crippen LogP contribution in [0.2, 0.25) is 0 Å². The third-order valence-corrected chi connectivity index (χ3v) is 4.52. The van der Waals surface area contributed by atoms with E-state index in [1.54, 1.807) is 10.9 Å². The van der Waals surface area contributed by atoms with E-state index in [9.17, 15) is 5.11 Å². The van der Waals surface area contributed by atoms with E-state index in [0.29, 0.717) is 17.0 Å². The molecule has 3 heterocycles. The van der Waals surface area contributed by atoms with Gasteiger partial charge in [0, 0.05) is 6.54 Å². The van der Waals surface area contributed by atoms with Crippen LogP contribution in [-0.4, -0.2) is 43.9 Å². The van der Waals surface area contributed by atoms with E-state index in [2.05, 4.69) is 27.2 Å². The van der Waals surface area contributed by atoms with Crippen LogP contribution in [0.25, 0.3) is 11.2 Å². The molecule has 2 aromatic heterocycles. The first-order valence-electron chi connectivity index (χ1n) is 9.41. The Kier molecular flexibility index (Phi) is 6.40. The van der Waals surface area contributed by atoms with Crippen molar-refractivity contribution in [2.75, 3.05) is 24.2 Å². The maximum atomic E-state index is 9.21. The number of nitrogen functional groups attached to an aromatic ring is 1. The van der Waals surface area contributed by atoms with Gasteiger partial charge in [0.05, 0.1) is 12.9 Å². The number of aliphatic hydroxyl groups is 1. The molecule has 0 aliphatic carbocycles. The number of anilines is 2. The summed E-state index contributed by atoms with van der Waals surface area (Å²) in [4.78, 5) is 13.1. The van der Waals surface area contributed by atoms with Gasteiger partial charge in [0.1, 0.15) is 6.10 Å². The lowest BCUT2D eigenvalue weighted by Crippen LogP contribution is -2.15. The molecule has 0 saturated carbocycles. The molecule has 0 radical (unpaired) electrons. The largest absolute Gasteiger partial charge is 0.393 e. The minimum absolute atomic E-state index is 0.0538. The first-order valence-corrected chi connectivity index (χ1v) is 9.41. The van der Waals surface area contributed by atoms with E-state index >= 15 is 0 Å². The van der Waals surface area contributed by atoms with Crippen LogP contribution in [0.1, 0.15) is 51.7 Å². The SMILES string of the molecule is CCCCCCCCNc1nc(N)nc2c1ncn2[C@H]1C=C[C@@H](CO)O1. The van der Waals surface area contributed by atoms with Crippen molar-refractivity contribution in [1.29, 1.82) is 0 Å². The number of aromatic nitrogens is 4. The molecular formula is C18H28N6O2. The molecule has 1 aliphatic heterocycles. The Morgan fingerprint density at radius 3 is 2.77 bits per heavy atom. The summed E-state index contributed by atoms with van der Waals surface area (Å²) in [7, 11) is 0. The standard InChI is InChI=1S/C18H28N6O2/c1-2-3-4-5-6-7-10-20-16-15-17(23-18(19)22-16)24(12-21-15)14-9-8-13(11-25)26-14/h8-9,12-14,25H,2-7,10-11H2,1H3,(H3,19,20,22,23)/t13-,14+/m0/s1. The molecule has 8 nitrogen and oxygen atoms in total. The van der Waals surface area contributed by atoms with Crippen molar-refractivity contribution in [3.8, 4) is 0 Å². The summed E-state index contributed by atoms with van der Waals surface area (Å²) in [6.07, 6.45) is 12.2. The second kappa shape index (κ2) is 8.95. The number of rotatable bonds is 10. The van der Waals surface area contributed by atoms with Gasteiger partial charge < -0.3 is 20.9 Å². The lowest BCUT2D eigenvalue weighted by molar-refractivity contribution is -0.00638. The highest BCUT2D eigenvalue weighted by Crippen LogP contribution is 2.27. The fourth-order valence-corrected chi connectivity index (χ4v) is 3.11. The molecule has 0 saturated heterocycles. The molecule has 8 heteroatoms. The third-order valence-electron chi connectivity index (χ3n) is 4.52. The van der Waals surface area contributed by atoms with Crippen molar-refractivity contribution < 1.29 is 9.84 Å². The zero-order valence-electron chi connectivity index (χ0n) is 15.3. The van der Waals surface area contributed by atoms with Gasteiger partial charge in [0.2, 0.25) is 5.95 Å². The molecule has 2 aromatic rings. The van der Waals surface area contributed by atoms with Gasteiger partial charge in [-0.3, -0.25) is 4.57 Å². The van der Waals surface area contributed by atoms with E-state index < -0.39 is 0 Å². The van der Waals surface area contributed by atoms with Gasteiger partial charge in [-0.2, -0.15) is 9.97 Å². The van der Waals surface area contributed by atoms with Gasteiger partial charge >= 0.3 is 0 Å². The van der Waals surface area contributed by atoms with E-state index in [0.717, 1.165) is 13.0 Å². The lowest BCUT2D eigenvalue weighted by atomic mass is 10.1. The zero-order valence-corrected chi connectivity index (χ0v) is 15.3. The summed E-state index contributed by atoms with van der Waals surface area (Å²) in [5, 5.41) is 12.6. The Labute approximate surface area is 153 Å². The van der Waals surface area contributed by atoms with E-state index in [1.807, 2.05) is 12.2 Å². The van der Waals surface area contributed by atoms with Crippen LogP contribution >= 0.6 is 0 Å². The number of hydrogen-bond acceptors (Lipinski definition) is 7. The fourth-order valence-electron chi connectivity index (χ4n) is 3.11. The molecule has 4 N–H and O–H groups in total. The Balaban J connectivity index is 1.65. The second-order valence-electron chi connectivity index (χ2n) is 6.58. The number of ether oxygens (including phenoxy) is 1. The lowest BCUT2D eigenvalue weighted by Gasteiger charge is -2.14. The molecule has 3 rings (SSSR count). The summed E-state index contributed by atoms with van der Waals surface area (Å²) in [5.74, 6) is 0.853. The summed E-state index contributed by atoms with van der Waals surface area (Å²) in [5.41, 5.74) is 7.19. The second-order valence-corrected chi connectivity index (χ2v) is 6.58. The van der Waals surface area contributed by atoms with Crippen LogP contribution in [0.3, 0.4) is 0 Å². The Morgan fingerprint density at radius 1 is 1.19 bits per heavy atom. The molecular weight excluding hydrogens is 332 g/mol. The quantitative estimate of drug-likeness (QED) is 0.441. The van der Waals surface area contributed by atoms with Crippen LogP contribution in [0, 0.1) is 0 Å². The number of nitrogens with one attached hydrogen (secondary N) is 1. The van der Waals surface area contributed by atoms with Crippen LogP contribution in [0.15, 0.2) is 18.5 Å². The third kappa shape index (κ3) is 4.31. The summed E-state index contributed by atoms with van der Waals surface area (Å²) in [6.45, 7) is 3.00. The minimum Gasteiger partial charge on any atom is -0.393 e. The number of aliphatic hydroxyl groups excluding tert-OH is 1. The van der Waals surface area contributed by atoms with Gasteiger partial charge in [0.25, 0.3) is 0 Å². The average molecular weight is 360 g/mol. The van der Waals surface area contributed by atoms with Crippen LogP contribution in [0.5, 0.6) is 0 Å². The van der Waals surface area contributed by atoms with Crippen LogP contribution in [0.4, 0.5) is 11.8 Å². The number of nitrogens with zero attached hydrogens (tertiary/aromatic N) is 4. The summed E-state index contributed by atoms with van der Waals surface area (Å²) < 4.78 is 7.53. The van der Waals surface area contributed by atoms with Crippen molar-refractivity contribution in [2.24, 2.45) is 0 Å². The van der Waals surface area contributed by atoms with Crippen molar-refractivity contribution in [3.05, 3.63) is 18.5 Å². The number of fused-ring (bicyclic) bond motifs is 1. The first kappa shape index (κ1) is 18.6. The van der Waals surface area contributed by atoms with Crippen LogP contribution < -0.4 is 11.1 Å². The smallest absolute Gasteiger partial charge is 0.224 e. The molecule has 0 fully saturated rings. The molecule has 0 unspecified atom stereocenters. The first-order chi connectivity index (χ1) is 12.7. The highest BCUT2D eigenvalue weighted by atomic mass is 16.5. The predicted molar refractivity (Wildman–Crippen MR) is 102 cm³/mol. The molecule has 142 valence electrons. The molecule has 0 aromatic carbocycles. The summed E-state index contributed by atoms with van der Waals surface area (Å²) >= 11 is 0.